The number of benzene rings is 7. The molecule has 0 aliphatic carbocycles. The maximum Gasteiger partial charge on any atom is 0.178 e. The number of aromatic hydroxyl groups is 1. The molecule has 39 heavy (non-hydrogen) atoms. The second-order valence-corrected chi connectivity index (χ2v) is 10.3. The highest BCUT2D eigenvalue weighted by atomic mass is 16.5. The van der Waals surface area contributed by atoms with E-state index in [-0.39, 0.29) is 5.75 Å². The van der Waals surface area contributed by atoms with Gasteiger partial charge in [0.25, 0.3) is 0 Å². The standard InChI is InChI=1S/C37H24O2/c38-34-23-33-30-16-7-6-14-28(30)29-15-8-9-17-31(29)35(33)32-20-21-37(39-36(32)34,26-12-2-1-3-13-26)27-19-18-24-10-4-5-11-25(24)22-27/h1-23,38H. The van der Waals surface area contributed by atoms with E-state index in [1.54, 1.807) is 0 Å². The van der Waals surface area contributed by atoms with Crippen LogP contribution in [0.25, 0.3) is 49.2 Å². The Kier molecular flexibility index (Phi) is 4.62. The van der Waals surface area contributed by atoms with Gasteiger partial charge in [-0.25, -0.2) is 0 Å². The first-order valence-electron chi connectivity index (χ1n) is 13.3. The van der Waals surface area contributed by atoms with Crippen LogP contribution < -0.4 is 4.74 Å². The van der Waals surface area contributed by atoms with E-state index in [2.05, 4.69) is 115 Å². The molecule has 0 amide bonds. The molecule has 0 aromatic heterocycles. The molecule has 1 N–H and O–H groups in total. The number of rotatable bonds is 2. The van der Waals surface area contributed by atoms with Gasteiger partial charge in [-0.05, 0) is 62.0 Å². The molecular weight excluding hydrogens is 476 g/mol. The smallest absolute Gasteiger partial charge is 0.178 e. The Bertz CT molecular complexity index is 2110. The summed E-state index contributed by atoms with van der Waals surface area (Å²) in [6.45, 7) is 0. The molecule has 1 heterocycles. The Labute approximate surface area is 226 Å². The van der Waals surface area contributed by atoms with E-state index in [4.69, 9.17) is 4.74 Å². The van der Waals surface area contributed by atoms with Crippen molar-refractivity contribution >= 4 is 49.2 Å². The maximum atomic E-state index is 11.5. The first kappa shape index (κ1) is 22.0. The number of hydrogen-bond acceptors (Lipinski definition) is 2. The fraction of sp³-hybridized carbons (Fsp3) is 0.0270. The third-order valence-corrected chi connectivity index (χ3v) is 8.13. The molecule has 0 radical (unpaired) electrons. The molecule has 0 spiro atoms. The molecule has 0 saturated carbocycles. The zero-order chi connectivity index (χ0) is 26.0. The molecule has 1 unspecified atom stereocenters. The van der Waals surface area contributed by atoms with E-state index in [0.717, 1.165) is 43.6 Å². The number of phenols is 1. The summed E-state index contributed by atoms with van der Waals surface area (Å²) in [7, 11) is 0. The Morgan fingerprint density at radius 1 is 0.513 bits per heavy atom. The number of fused-ring (bicyclic) bond motifs is 9. The van der Waals surface area contributed by atoms with Gasteiger partial charge in [-0.15, -0.1) is 0 Å². The van der Waals surface area contributed by atoms with Crippen LogP contribution in [-0.2, 0) is 5.60 Å². The van der Waals surface area contributed by atoms with Crippen LogP contribution in [0.2, 0.25) is 0 Å². The molecule has 2 heteroatoms. The molecule has 0 saturated heterocycles. The minimum absolute atomic E-state index is 0.142. The van der Waals surface area contributed by atoms with Crippen molar-refractivity contribution in [2.75, 3.05) is 0 Å². The zero-order valence-corrected chi connectivity index (χ0v) is 21.1. The summed E-state index contributed by atoms with van der Waals surface area (Å²) in [6, 6.07) is 43.9. The Balaban J connectivity index is 1.45. The van der Waals surface area contributed by atoms with Crippen molar-refractivity contribution in [1.29, 1.82) is 0 Å². The summed E-state index contributed by atoms with van der Waals surface area (Å²) in [5.74, 6) is 0.644. The summed E-state index contributed by atoms with van der Waals surface area (Å²) < 4.78 is 7.00. The third-order valence-electron chi connectivity index (χ3n) is 8.13. The van der Waals surface area contributed by atoms with Crippen LogP contribution in [-0.4, -0.2) is 5.11 Å². The fourth-order valence-corrected chi connectivity index (χ4v) is 6.31. The third kappa shape index (κ3) is 3.15. The number of ether oxygens (including phenoxy) is 1. The van der Waals surface area contributed by atoms with Gasteiger partial charge in [-0.2, -0.15) is 0 Å². The lowest BCUT2D eigenvalue weighted by Gasteiger charge is -2.37. The zero-order valence-electron chi connectivity index (χ0n) is 21.1. The summed E-state index contributed by atoms with van der Waals surface area (Å²) in [5, 5.41) is 20.6. The van der Waals surface area contributed by atoms with Crippen molar-refractivity contribution < 1.29 is 9.84 Å². The van der Waals surface area contributed by atoms with Gasteiger partial charge in [0.05, 0.1) is 0 Å². The molecule has 8 rings (SSSR count). The van der Waals surface area contributed by atoms with Gasteiger partial charge in [-0.1, -0.05) is 115 Å². The van der Waals surface area contributed by atoms with Crippen LogP contribution in [0.15, 0.2) is 133 Å². The van der Waals surface area contributed by atoms with Crippen LogP contribution in [0, 0.1) is 0 Å². The van der Waals surface area contributed by atoms with Crippen LogP contribution in [0.1, 0.15) is 16.7 Å². The molecule has 184 valence electrons. The van der Waals surface area contributed by atoms with Crippen molar-refractivity contribution in [3.8, 4) is 11.5 Å². The van der Waals surface area contributed by atoms with E-state index in [0.29, 0.717) is 5.75 Å². The predicted molar refractivity (Wildman–Crippen MR) is 161 cm³/mol. The van der Waals surface area contributed by atoms with Crippen molar-refractivity contribution in [1.82, 2.24) is 0 Å². The molecule has 1 aliphatic heterocycles. The Morgan fingerprint density at radius 2 is 1.13 bits per heavy atom. The van der Waals surface area contributed by atoms with Crippen molar-refractivity contribution in [2.24, 2.45) is 0 Å². The van der Waals surface area contributed by atoms with Crippen LogP contribution in [0.5, 0.6) is 11.5 Å². The molecule has 7 aromatic rings. The van der Waals surface area contributed by atoms with E-state index < -0.39 is 5.60 Å². The number of phenolic OH excluding ortho intramolecular Hbond substituents is 1. The van der Waals surface area contributed by atoms with E-state index in [1.165, 1.54) is 16.2 Å². The first-order valence-corrected chi connectivity index (χ1v) is 13.3. The van der Waals surface area contributed by atoms with Crippen molar-refractivity contribution in [3.63, 3.8) is 0 Å². The Morgan fingerprint density at radius 3 is 1.90 bits per heavy atom. The summed E-state index contributed by atoms with van der Waals surface area (Å²) >= 11 is 0. The average Bonchev–Trinajstić information content (AvgIpc) is 3.01. The highest BCUT2D eigenvalue weighted by Crippen LogP contribution is 2.51. The minimum atomic E-state index is -0.893. The minimum Gasteiger partial charge on any atom is -0.504 e. The lowest BCUT2D eigenvalue weighted by atomic mass is 9.81. The van der Waals surface area contributed by atoms with Gasteiger partial charge >= 0.3 is 0 Å². The molecule has 7 aromatic carbocycles. The second kappa shape index (κ2) is 8.21. The van der Waals surface area contributed by atoms with E-state index in [1.807, 2.05) is 24.3 Å². The van der Waals surface area contributed by atoms with Gasteiger partial charge < -0.3 is 9.84 Å². The second-order valence-electron chi connectivity index (χ2n) is 10.3. The van der Waals surface area contributed by atoms with Crippen LogP contribution in [0.3, 0.4) is 0 Å². The van der Waals surface area contributed by atoms with E-state index >= 15 is 0 Å². The van der Waals surface area contributed by atoms with Gasteiger partial charge in [-0.3, -0.25) is 0 Å². The topological polar surface area (TPSA) is 29.5 Å². The van der Waals surface area contributed by atoms with Crippen molar-refractivity contribution in [2.45, 2.75) is 5.60 Å². The molecule has 1 aliphatic rings. The lowest BCUT2D eigenvalue weighted by Crippen LogP contribution is -2.34. The molecule has 0 bridgehead atoms. The van der Waals surface area contributed by atoms with Crippen LogP contribution >= 0.6 is 0 Å². The predicted octanol–water partition coefficient (Wildman–Crippen LogP) is 9.35. The maximum absolute atomic E-state index is 11.5. The van der Waals surface area contributed by atoms with Gasteiger partial charge in [0.1, 0.15) is 0 Å². The summed E-state index contributed by atoms with van der Waals surface area (Å²) in [5.41, 5.74) is 2.03. The van der Waals surface area contributed by atoms with Crippen molar-refractivity contribution in [3.05, 3.63) is 150 Å². The van der Waals surface area contributed by atoms with Gasteiger partial charge in [0.15, 0.2) is 17.1 Å². The van der Waals surface area contributed by atoms with Gasteiger partial charge in [0, 0.05) is 22.1 Å². The highest BCUT2D eigenvalue weighted by molar-refractivity contribution is 6.27. The highest BCUT2D eigenvalue weighted by Gasteiger charge is 2.39. The van der Waals surface area contributed by atoms with Gasteiger partial charge in [0.2, 0.25) is 0 Å². The number of hydrogen-bond donors (Lipinski definition) is 1. The fourth-order valence-electron chi connectivity index (χ4n) is 6.31. The first-order chi connectivity index (χ1) is 19.2. The molecule has 1 atom stereocenters. The molecular formula is C37H24O2. The largest absolute Gasteiger partial charge is 0.504 e. The molecule has 0 fully saturated rings. The SMILES string of the molecule is Oc1cc2c3ccccc3c3ccccc3c2c2c1OC(c1ccccc1)(c1ccc3ccccc3c1)C=C2. The Hall–Kier alpha value is -5.08. The quantitative estimate of drug-likeness (QED) is 0.240. The monoisotopic (exact) mass is 500 g/mol. The average molecular weight is 501 g/mol. The normalized spacial score (nSPS) is 16.5. The van der Waals surface area contributed by atoms with E-state index in [9.17, 15) is 5.11 Å². The lowest BCUT2D eigenvalue weighted by molar-refractivity contribution is 0.155. The summed E-state index contributed by atoms with van der Waals surface area (Å²) in [4.78, 5) is 0. The molecule has 2 nitrogen and oxygen atoms in total. The van der Waals surface area contributed by atoms with Crippen LogP contribution in [0.4, 0.5) is 0 Å². The summed E-state index contributed by atoms with van der Waals surface area (Å²) in [6.07, 6.45) is 4.29.